The van der Waals surface area contributed by atoms with Crippen molar-refractivity contribution in [2.24, 2.45) is 17.8 Å². The van der Waals surface area contributed by atoms with Crippen LogP contribution in [-0.4, -0.2) is 72.0 Å². The second-order valence-electron chi connectivity index (χ2n) is 14.6. The SMILES string of the molecule is CNC(=O)c1cccc(C)c1Nc1nc(Nc2ccc(OC3C4CCCC(C4)CC3CCC(=O)N3CC[C@H](NC(C)=O)C3)cc2OC)ncc1C(F)(F)F. The van der Waals surface area contributed by atoms with Gasteiger partial charge in [-0.3, -0.25) is 14.4 Å². The molecule has 54 heavy (non-hydrogen) atoms. The van der Waals surface area contributed by atoms with E-state index in [9.17, 15) is 27.6 Å². The molecule has 3 fully saturated rings. The van der Waals surface area contributed by atoms with E-state index in [0.29, 0.717) is 66.7 Å². The van der Waals surface area contributed by atoms with Crippen molar-refractivity contribution in [2.75, 3.05) is 37.9 Å². The van der Waals surface area contributed by atoms with Crippen LogP contribution in [0.4, 0.5) is 36.3 Å². The first-order chi connectivity index (χ1) is 25.8. The first-order valence-corrected chi connectivity index (χ1v) is 18.5. The molecule has 4 unspecified atom stereocenters. The van der Waals surface area contributed by atoms with Crippen molar-refractivity contribution in [1.29, 1.82) is 0 Å². The summed E-state index contributed by atoms with van der Waals surface area (Å²) in [5.41, 5.74) is 0.207. The van der Waals surface area contributed by atoms with Gasteiger partial charge in [0, 0.05) is 51.8 Å². The molecule has 1 saturated heterocycles. The zero-order valence-electron chi connectivity index (χ0n) is 31.0. The van der Waals surface area contributed by atoms with Crippen molar-refractivity contribution >= 4 is 40.9 Å². The number of nitrogens with zero attached hydrogens (tertiary/aromatic N) is 3. The van der Waals surface area contributed by atoms with E-state index in [-0.39, 0.29) is 47.1 Å². The van der Waals surface area contributed by atoms with Crippen LogP contribution < -0.4 is 30.7 Å². The number of rotatable bonds is 12. The zero-order valence-corrected chi connectivity index (χ0v) is 31.0. The van der Waals surface area contributed by atoms with Gasteiger partial charge >= 0.3 is 6.18 Å². The van der Waals surface area contributed by atoms with Gasteiger partial charge in [0.2, 0.25) is 17.8 Å². The van der Waals surface area contributed by atoms with Gasteiger partial charge in [-0.25, -0.2) is 4.98 Å². The van der Waals surface area contributed by atoms with E-state index in [2.05, 4.69) is 31.2 Å². The third-order valence-electron chi connectivity index (χ3n) is 10.8. The van der Waals surface area contributed by atoms with Crippen molar-refractivity contribution in [3.8, 4) is 11.5 Å². The maximum absolute atomic E-state index is 14.1. The lowest BCUT2D eigenvalue weighted by Gasteiger charge is -2.45. The molecule has 4 N–H and O–H groups in total. The Morgan fingerprint density at radius 3 is 2.61 bits per heavy atom. The van der Waals surface area contributed by atoms with E-state index >= 15 is 0 Å². The summed E-state index contributed by atoms with van der Waals surface area (Å²) in [6, 6.07) is 10.0. The van der Waals surface area contributed by atoms with Gasteiger partial charge in [-0.1, -0.05) is 25.0 Å². The molecular formula is C39H48F3N7O5. The number of aryl methyl sites for hydroxylation is 1. The van der Waals surface area contributed by atoms with E-state index < -0.39 is 23.5 Å². The smallest absolute Gasteiger partial charge is 0.421 e. The Kier molecular flexibility index (Phi) is 11.8. The molecular weight excluding hydrogens is 703 g/mol. The Bertz CT molecular complexity index is 1860. The number of alkyl halides is 3. The van der Waals surface area contributed by atoms with Crippen molar-refractivity contribution in [1.82, 2.24) is 25.5 Å². The highest BCUT2D eigenvalue weighted by Crippen LogP contribution is 2.46. The molecule has 0 radical (unpaired) electrons. The highest BCUT2D eigenvalue weighted by atomic mass is 19.4. The summed E-state index contributed by atoms with van der Waals surface area (Å²) in [5, 5.41) is 11.2. The summed E-state index contributed by atoms with van der Waals surface area (Å²) >= 11 is 0. The predicted molar refractivity (Wildman–Crippen MR) is 197 cm³/mol. The largest absolute Gasteiger partial charge is 0.494 e. The van der Waals surface area contributed by atoms with E-state index in [1.807, 2.05) is 4.90 Å². The number of likely N-dealkylation sites (tertiary alicyclic amines) is 1. The van der Waals surface area contributed by atoms with Crippen LogP contribution in [0.3, 0.4) is 0 Å². The number of nitrogens with one attached hydrogen (secondary N) is 4. The molecule has 2 heterocycles. The Hall–Kier alpha value is -5.08. The summed E-state index contributed by atoms with van der Waals surface area (Å²) in [6.07, 6.45) is 3.19. The van der Waals surface area contributed by atoms with Crippen LogP contribution in [0.5, 0.6) is 11.5 Å². The Morgan fingerprint density at radius 2 is 1.87 bits per heavy atom. The minimum Gasteiger partial charge on any atom is -0.494 e. The number of hydrogen-bond donors (Lipinski definition) is 4. The van der Waals surface area contributed by atoms with Gasteiger partial charge < -0.3 is 35.6 Å². The summed E-state index contributed by atoms with van der Waals surface area (Å²) in [6.45, 7) is 4.35. The minimum absolute atomic E-state index is 0.00410. The summed E-state index contributed by atoms with van der Waals surface area (Å²) in [4.78, 5) is 47.2. The molecule has 12 nitrogen and oxygen atoms in total. The summed E-state index contributed by atoms with van der Waals surface area (Å²) in [5.74, 6) is 1.02. The molecule has 5 atom stereocenters. The average molecular weight is 752 g/mol. The van der Waals surface area contributed by atoms with Crippen molar-refractivity contribution in [2.45, 2.75) is 83.5 Å². The van der Waals surface area contributed by atoms with Crippen LogP contribution in [0.15, 0.2) is 42.6 Å². The molecule has 290 valence electrons. The van der Waals surface area contributed by atoms with Gasteiger partial charge in [0.05, 0.1) is 24.0 Å². The van der Waals surface area contributed by atoms with Crippen LogP contribution in [0.1, 0.15) is 79.8 Å². The van der Waals surface area contributed by atoms with E-state index in [1.165, 1.54) is 33.6 Å². The number of anilines is 4. The first-order valence-electron chi connectivity index (χ1n) is 18.5. The number of aromatic nitrogens is 2. The molecule has 2 aliphatic carbocycles. The molecule has 3 amide bonds. The standard InChI is InChI=1S/C39H48F3N7O5/c1-22-7-5-10-29(37(52)43-3)34(22)47-36-30(39(40,41)42)20-44-38(48-36)46-31-13-12-28(19-32(31)53-4)54-35-25-9-6-8-24(17-25)18-26(35)11-14-33(51)49-16-15-27(21-49)45-23(2)50/h5,7,10,12-13,19-20,24-27,35H,6,8-9,11,14-18,21H2,1-4H3,(H,43,52)(H,45,50)(H2,44,46,47,48)/t24?,25?,26?,27-,35?/m0/s1. The summed E-state index contributed by atoms with van der Waals surface area (Å²) in [7, 11) is 2.93. The van der Waals surface area contributed by atoms with Gasteiger partial charge in [0.1, 0.15) is 29.0 Å². The average Bonchev–Trinajstić information content (AvgIpc) is 3.60. The number of carbonyl (C=O) groups is 3. The Labute approximate surface area is 313 Å². The number of amides is 3. The van der Waals surface area contributed by atoms with Crippen molar-refractivity contribution in [3.05, 3.63) is 59.3 Å². The highest BCUT2D eigenvalue weighted by Gasteiger charge is 2.42. The third-order valence-corrected chi connectivity index (χ3v) is 10.8. The lowest BCUT2D eigenvalue weighted by atomic mass is 9.65. The maximum atomic E-state index is 14.1. The zero-order chi connectivity index (χ0) is 38.6. The van der Waals surface area contributed by atoms with Crippen molar-refractivity contribution in [3.63, 3.8) is 0 Å². The number of ether oxygens (including phenoxy) is 2. The monoisotopic (exact) mass is 751 g/mol. The molecule has 3 aromatic rings. The van der Waals surface area contributed by atoms with Crippen LogP contribution >= 0.6 is 0 Å². The van der Waals surface area contributed by atoms with Crippen LogP contribution in [-0.2, 0) is 15.8 Å². The van der Waals surface area contributed by atoms with E-state index in [4.69, 9.17) is 9.47 Å². The number of benzene rings is 2. The van der Waals surface area contributed by atoms with Gasteiger partial charge in [-0.05, 0) is 80.5 Å². The third kappa shape index (κ3) is 8.99. The molecule has 15 heteroatoms. The lowest BCUT2D eigenvalue weighted by Crippen LogP contribution is -2.44. The molecule has 3 aliphatic rings. The predicted octanol–water partition coefficient (Wildman–Crippen LogP) is 6.75. The number of halogens is 3. The second kappa shape index (κ2) is 16.5. The van der Waals surface area contributed by atoms with Crippen LogP contribution in [0.2, 0.25) is 0 Å². The molecule has 2 bridgehead atoms. The quantitative estimate of drug-likeness (QED) is 0.158. The van der Waals surface area contributed by atoms with Crippen LogP contribution in [0.25, 0.3) is 0 Å². The summed E-state index contributed by atoms with van der Waals surface area (Å²) < 4.78 is 54.8. The Balaban J connectivity index is 1.18. The maximum Gasteiger partial charge on any atom is 0.421 e. The van der Waals surface area contributed by atoms with Gasteiger partial charge in [-0.2, -0.15) is 18.2 Å². The molecule has 2 saturated carbocycles. The topological polar surface area (TPSA) is 147 Å². The molecule has 1 aliphatic heterocycles. The van der Waals surface area contributed by atoms with Gasteiger partial charge in [0.25, 0.3) is 5.91 Å². The fourth-order valence-electron chi connectivity index (χ4n) is 8.27. The fraction of sp³-hybridized carbons (Fsp3) is 0.513. The Morgan fingerprint density at radius 1 is 1.06 bits per heavy atom. The molecule has 2 aromatic carbocycles. The fourth-order valence-corrected chi connectivity index (χ4v) is 8.27. The molecule has 6 rings (SSSR count). The number of para-hydroxylation sites is 1. The number of fused-ring (bicyclic) bond motifs is 2. The minimum atomic E-state index is -4.78. The van der Waals surface area contributed by atoms with Gasteiger partial charge in [0.15, 0.2) is 0 Å². The normalized spacial score (nSPS) is 22.3. The van der Waals surface area contributed by atoms with E-state index in [1.54, 1.807) is 37.3 Å². The van der Waals surface area contributed by atoms with Gasteiger partial charge in [-0.15, -0.1) is 0 Å². The highest BCUT2D eigenvalue weighted by molar-refractivity contribution is 6.00. The van der Waals surface area contributed by atoms with E-state index in [0.717, 1.165) is 32.1 Å². The number of methoxy groups -OCH3 is 1. The van der Waals surface area contributed by atoms with Crippen LogP contribution in [0, 0.1) is 24.7 Å². The number of carbonyl (C=O) groups excluding carboxylic acids is 3. The van der Waals surface area contributed by atoms with Crippen molar-refractivity contribution < 1.29 is 37.0 Å². The number of hydrogen-bond acceptors (Lipinski definition) is 9. The first kappa shape index (κ1) is 38.6. The molecule has 1 aromatic heterocycles. The molecule has 0 spiro atoms. The second-order valence-corrected chi connectivity index (χ2v) is 14.6. The lowest BCUT2D eigenvalue weighted by molar-refractivity contribution is -0.137.